The number of phenols is 1. The molecule has 0 spiro atoms. The van der Waals surface area contributed by atoms with Crippen molar-refractivity contribution in [2.45, 2.75) is 43.9 Å². The Bertz CT molecular complexity index is 550. The number of hydrogen-bond donors (Lipinski definition) is 2. The number of nitrogens with zero attached hydrogens (tertiary/aromatic N) is 1. The topological polar surface area (TPSA) is 60.8 Å². The molecule has 2 aliphatic heterocycles. The fraction of sp³-hybridized carbons (Fsp3) is 0.500. The minimum atomic E-state index is -0.291. The van der Waals surface area contributed by atoms with E-state index in [2.05, 4.69) is 22.6 Å². The first-order valence-corrected chi connectivity index (χ1v) is 8.82. The van der Waals surface area contributed by atoms with Crippen LogP contribution in [0.25, 0.3) is 0 Å². The van der Waals surface area contributed by atoms with Crippen molar-refractivity contribution in [2.75, 3.05) is 0 Å². The molecule has 2 fully saturated rings. The highest BCUT2D eigenvalue weighted by molar-refractivity contribution is 14.1. The third-order valence-corrected chi connectivity index (χ3v) is 5.65. The second-order valence-corrected chi connectivity index (χ2v) is 7.91. The Morgan fingerprint density at radius 2 is 1.80 bits per heavy atom. The van der Waals surface area contributed by atoms with Gasteiger partial charge in [0.2, 0.25) is 0 Å². The number of aliphatic hydroxyl groups is 1. The fourth-order valence-corrected chi connectivity index (χ4v) is 5.19. The van der Waals surface area contributed by atoms with Gasteiger partial charge in [-0.25, -0.2) is 0 Å². The van der Waals surface area contributed by atoms with Gasteiger partial charge in [-0.2, -0.15) is 0 Å². The Morgan fingerprint density at radius 3 is 2.40 bits per heavy atom. The first-order chi connectivity index (χ1) is 9.47. The summed E-state index contributed by atoms with van der Waals surface area (Å²) in [6.45, 7) is 0. The van der Waals surface area contributed by atoms with E-state index in [9.17, 15) is 15.0 Å². The van der Waals surface area contributed by atoms with Gasteiger partial charge >= 0.3 is 0 Å². The summed E-state index contributed by atoms with van der Waals surface area (Å²) in [5, 5.41) is 20.0. The highest BCUT2D eigenvalue weighted by Crippen LogP contribution is 2.38. The summed E-state index contributed by atoms with van der Waals surface area (Å²) in [5.74, 6) is -0.0279. The van der Waals surface area contributed by atoms with Crippen LogP contribution in [0.15, 0.2) is 12.1 Å². The number of benzene rings is 1. The summed E-state index contributed by atoms with van der Waals surface area (Å²) in [7, 11) is 0. The van der Waals surface area contributed by atoms with Gasteiger partial charge in [0.15, 0.2) is 0 Å². The number of aromatic hydroxyl groups is 1. The van der Waals surface area contributed by atoms with Crippen molar-refractivity contribution in [1.29, 1.82) is 0 Å². The molecule has 2 bridgehead atoms. The summed E-state index contributed by atoms with van der Waals surface area (Å²) < 4.78 is 1.64. The molecule has 0 aliphatic carbocycles. The quantitative estimate of drug-likeness (QED) is 0.585. The number of carbonyl (C=O) groups is 1. The Balaban J connectivity index is 1.94. The van der Waals surface area contributed by atoms with Gasteiger partial charge in [-0.05, 0) is 83.0 Å². The molecule has 2 aliphatic rings. The van der Waals surface area contributed by atoms with E-state index in [0.717, 1.165) is 16.4 Å². The number of hydrogen-bond acceptors (Lipinski definition) is 3. The SMILES string of the molecule is O=C(c1cc(I)cc(I)c1O)N1C2CCC1CC(O)C2. The van der Waals surface area contributed by atoms with Gasteiger partial charge in [0.1, 0.15) is 5.75 Å². The van der Waals surface area contributed by atoms with Gasteiger partial charge in [0, 0.05) is 15.7 Å². The standard InChI is InChI=1S/C14H15I2NO3/c15-7-3-11(13(19)12(16)4-7)14(20)17-8-1-2-9(17)6-10(18)5-8/h3-4,8-10,18-19H,1-2,5-6H2. The summed E-state index contributed by atoms with van der Waals surface area (Å²) in [6.07, 6.45) is 2.93. The first-order valence-electron chi connectivity index (χ1n) is 6.66. The number of rotatable bonds is 1. The summed E-state index contributed by atoms with van der Waals surface area (Å²) in [4.78, 5) is 14.7. The molecule has 2 heterocycles. The molecular formula is C14H15I2NO3. The van der Waals surface area contributed by atoms with Crippen molar-refractivity contribution < 1.29 is 15.0 Å². The van der Waals surface area contributed by atoms with E-state index in [1.54, 1.807) is 6.07 Å². The van der Waals surface area contributed by atoms with Gasteiger partial charge in [0.05, 0.1) is 15.2 Å². The fourth-order valence-electron chi connectivity index (χ4n) is 3.35. The summed E-state index contributed by atoms with van der Waals surface area (Å²) >= 11 is 4.20. The molecule has 1 amide bonds. The van der Waals surface area contributed by atoms with Crippen LogP contribution in [0.2, 0.25) is 0 Å². The third kappa shape index (κ3) is 2.54. The second-order valence-electron chi connectivity index (χ2n) is 5.51. The lowest BCUT2D eigenvalue weighted by atomic mass is 9.98. The molecule has 2 atom stereocenters. The molecule has 0 aromatic heterocycles. The van der Waals surface area contributed by atoms with Crippen molar-refractivity contribution in [2.24, 2.45) is 0 Å². The molecule has 2 saturated heterocycles. The van der Waals surface area contributed by atoms with E-state index in [4.69, 9.17) is 0 Å². The van der Waals surface area contributed by atoms with Crippen molar-refractivity contribution in [3.8, 4) is 5.75 Å². The first kappa shape index (κ1) is 14.8. The predicted molar refractivity (Wildman–Crippen MR) is 91.8 cm³/mol. The van der Waals surface area contributed by atoms with Crippen LogP contribution in [0.3, 0.4) is 0 Å². The summed E-state index contributed by atoms with van der Waals surface area (Å²) in [6, 6.07) is 3.82. The van der Waals surface area contributed by atoms with E-state index in [0.29, 0.717) is 22.0 Å². The maximum atomic E-state index is 12.8. The zero-order valence-corrected chi connectivity index (χ0v) is 15.0. The second kappa shape index (κ2) is 5.60. The minimum absolute atomic E-state index is 0.0709. The van der Waals surface area contributed by atoms with Gasteiger partial charge < -0.3 is 15.1 Å². The monoisotopic (exact) mass is 499 g/mol. The maximum Gasteiger partial charge on any atom is 0.258 e. The molecule has 1 aromatic carbocycles. The Kier molecular flexibility index (Phi) is 4.15. The van der Waals surface area contributed by atoms with Gasteiger partial charge in [-0.3, -0.25) is 4.79 Å². The third-order valence-electron chi connectivity index (χ3n) is 4.20. The Morgan fingerprint density at radius 1 is 1.20 bits per heavy atom. The molecule has 4 nitrogen and oxygen atoms in total. The van der Waals surface area contributed by atoms with Crippen LogP contribution < -0.4 is 0 Å². The van der Waals surface area contributed by atoms with E-state index >= 15 is 0 Å². The molecule has 108 valence electrons. The van der Waals surface area contributed by atoms with E-state index in [-0.39, 0.29) is 29.8 Å². The molecule has 6 heteroatoms. The van der Waals surface area contributed by atoms with Crippen LogP contribution in [0, 0.1) is 7.14 Å². The van der Waals surface area contributed by atoms with Crippen LogP contribution in [-0.2, 0) is 0 Å². The van der Waals surface area contributed by atoms with Crippen molar-refractivity contribution in [3.63, 3.8) is 0 Å². The summed E-state index contributed by atoms with van der Waals surface area (Å²) in [5.41, 5.74) is 0.384. The molecule has 2 N–H and O–H groups in total. The minimum Gasteiger partial charge on any atom is -0.506 e. The zero-order valence-electron chi connectivity index (χ0n) is 10.7. The molecule has 20 heavy (non-hydrogen) atoms. The number of piperidine rings is 1. The number of fused-ring (bicyclic) bond motifs is 2. The van der Waals surface area contributed by atoms with Crippen molar-refractivity contribution >= 4 is 51.1 Å². The highest BCUT2D eigenvalue weighted by Gasteiger charge is 2.43. The van der Waals surface area contributed by atoms with Gasteiger partial charge in [0.25, 0.3) is 5.91 Å². The number of phenolic OH excluding ortho intramolecular Hbond substituents is 1. The van der Waals surface area contributed by atoms with Crippen LogP contribution in [0.4, 0.5) is 0 Å². The van der Waals surface area contributed by atoms with Crippen LogP contribution >= 0.6 is 45.2 Å². The number of halogens is 2. The van der Waals surface area contributed by atoms with E-state index in [1.165, 1.54) is 0 Å². The largest absolute Gasteiger partial charge is 0.506 e. The van der Waals surface area contributed by atoms with Gasteiger partial charge in [-0.1, -0.05) is 0 Å². The van der Waals surface area contributed by atoms with E-state index in [1.807, 2.05) is 33.6 Å². The van der Waals surface area contributed by atoms with Crippen LogP contribution in [0.5, 0.6) is 5.75 Å². The molecule has 0 radical (unpaired) electrons. The highest BCUT2D eigenvalue weighted by atomic mass is 127. The molecule has 0 saturated carbocycles. The van der Waals surface area contributed by atoms with Crippen LogP contribution in [0.1, 0.15) is 36.0 Å². The average Bonchev–Trinajstić information content (AvgIpc) is 2.65. The average molecular weight is 499 g/mol. The zero-order chi connectivity index (χ0) is 14.4. The smallest absolute Gasteiger partial charge is 0.258 e. The number of aliphatic hydroxyl groups excluding tert-OH is 1. The van der Waals surface area contributed by atoms with Crippen LogP contribution in [-0.4, -0.2) is 39.2 Å². The lowest BCUT2D eigenvalue weighted by Crippen LogP contribution is -2.48. The maximum absolute atomic E-state index is 12.8. The van der Waals surface area contributed by atoms with Gasteiger partial charge in [-0.15, -0.1) is 0 Å². The lowest BCUT2D eigenvalue weighted by molar-refractivity contribution is 0.0285. The number of amides is 1. The molecule has 1 aromatic rings. The van der Waals surface area contributed by atoms with E-state index < -0.39 is 0 Å². The molecular weight excluding hydrogens is 484 g/mol. The lowest BCUT2D eigenvalue weighted by Gasteiger charge is -2.37. The predicted octanol–water partition coefficient (Wildman–Crippen LogP) is 2.73. The Labute approximate surface area is 144 Å². The molecule has 2 unspecified atom stereocenters. The van der Waals surface area contributed by atoms with Crippen molar-refractivity contribution in [1.82, 2.24) is 4.90 Å². The normalized spacial score (nSPS) is 28.8. The Hall–Kier alpha value is -0.0900. The van der Waals surface area contributed by atoms with Crippen molar-refractivity contribution in [3.05, 3.63) is 24.8 Å². The molecule has 3 rings (SSSR count). The number of carbonyl (C=O) groups excluding carboxylic acids is 1.